The SMILES string of the molecule is CCc1ccc(C(Cn2ccnc2C(C)C)NC)cc1. The van der Waals surface area contributed by atoms with Crippen LogP contribution in [-0.2, 0) is 13.0 Å². The number of hydrogen-bond acceptors (Lipinski definition) is 2. The van der Waals surface area contributed by atoms with Gasteiger partial charge in [-0.1, -0.05) is 45.0 Å². The monoisotopic (exact) mass is 271 g/mol. The van der Waals surface area contributed by atoms with Crippen molar-refractivity contribution in [2.45, 2.75) is 45.7 Å². The van der Waals surface area contributed by atoms with Gasteiger partial charge in [-0.2, -0.15) is 0 Å². The normalized spacial score (nSPS) is 12.8. The van der Waals surface area contributed by atoms with Crippen LogP contribution in [0.3, 0.4) is 0 Å². The molecule has 1 heterocycles. The molecule has 1 unspecified atom stereocenters. The lowest BCUT2D eigenvalue weighted by Crippen LogP contribution is -2.23. The molecule has 0 saturated carbocycles. The average Bonchev–Trinajstić information content (AvgIpc) is 2.93. The van der Waals surface area contributed by atoms with Gasteiger partial charge in [-0.3, -0.25) is 0 Å². The minimum absolute atomic E-state index is 0.313. The van der Waals surface area contributed by atoms with Crippen molar-refractivity contribution in [3.8, 4) is 0 Å². The lowest BCUT2D eigenvalue weighted by Gasteiger charge is -2.20. The molecule has 1 atom stereocenters. The summed E-state index contributed by atoms with van der Waals surface area (Å²) in [6.45, 7) is 7.47. The van der Waals surface area contributed by atoms with Crippen LogP contribution < -0.4 is 5.32 Å². The smallest absolute Gasteiger partial charge is 0.111 e. The van der Waals surface area contributed by atoms with E-state index in [0.717, 1.165) is 18.8 Å². The third-order valence-electron chi connectivity index (χ3n) is 3.78. The third-order valence-corrected chi connectivity index (χ3v) is 3.78. The van der Waals surface area contributed by atoms with E-state index in [1.54, 1.807) is 0 Å². The van der Waals surface area contributed by atoms with E-state index in [-0.39, 0.29) is 0 Å². The maximum absolute atomic E-state index is 4.46. The van der Waals surface area contributed by atoms with Crippen molar-refractivity contribution in [3.63, 3.8) is 0 Å². The maximum atomic E-state index is 4.46. The molecule has 0 radical (unpaired) electrons. The highest BCUT2D eigenvalue weighted by atomic mass is 15.1. The van der Waals surface area contributed by atoms with Crippen LogP contribution in [0.5, 0.6) is 0 Å². The Kier molecular flexibility index (Phi) is 4.96. The Labute approximate surface area is 122 Å². The summed E-state index contributed by atoms with van der Waals surface area (Å²) in [5.41, 5.74) is 2.71. The molecule has 0 amide bonds. The van der Waals surface area contributed by atoms with Gasteiger partial charge >= 0.3 is 0 Å². The van der Waals surface area contributed by atoms with Gasteiger partial charge in [0.1, 0.15) is 5.82 Å². The zero-order valence-corrected chi connectivity index (χ0v) is 12.9. The fourth-order valence-electron chi connectivity index (χ4n) is 2.52. The molecule has 1 N–H and O–H groups in total. The summed E-state index contributed by atoms with van der Waals surface area (Å²) in [4.78, 5) is 4.46. The molecule has 0 aliphatic heterocycles. The predicted octanol–water partition coefficient (Wildman–Crippen LogP) is 3.53. The van der Waals surface area contributed by atoms with Crippen LogP contribution >= 0.6 is 0 Å². The van der Waals surface area contributed by atoms with Gasteiger partial charge in [-0.25, -0.2) is 4.98 Å². The Morgan fingerprint density at radius 3 is 2.45 bits per heavy atom. The highest BCUT2D eigenvalue weighted by Crippen LogP contribution is 2.19. The molecule has 1 aromatic heterocycles. The van der Waals surface area contributed by atoms with Crippen molar-refractivity contribution < 1.29 is 0 Å². The number of aryl methyl sites for hydroxylation is 1. The Balaban J connectivity index is 2.17. The van der Waals surface area contributed by atoms with E-state index in [1.165, 1.54) is 11.1 Å². The number of benzene rings is 1. The topological polar surface area (TPSA) is 29.9 Å². The van der Waals surface area contributed by atoms with Crippen molar-refractivity contribution in [1.29, 1.82) is 0 Å². The van der Waals surface area contributed by atoms with Gasteiger partial charge in [-0.05, 0) is 24.6 Å². The van der Waals surface area contributed by atoms with Gasteiger partial charge in [0.25, 0.3) is 0 Å². The number of imidazole rings is 1. The van der Waals surface area contributed by atoms with Crippen LogP contribution in [0.2, 0.25) is 0 Å². The highest BCUT2D eigenvalue weighted by Gasteiger charge is 2.13. The molecule has 1 aromatic carbocycles. The zero-order chi connectivity index (χ0) is 14.5. The first-order chi connectivity index (χ1) is 9.65. The molecule has 0 saturated heterocycles. The predicted molar refractivity (Wildman–Crippen MR) is 83.9 cm³/mol. The number of nitrogens with zero attached hydrogens (tertiary/aromatic N) is 2. The quantitative estimate of drug-likeness (QED) is 0.871. The van der Waals surface area contributed by atoms with Crippen molar-refractivity contribution >= 4 is 0 Å². The molecule has 0 fully saturated rings. The third kappa shape index (κ3) is 3.28. The number of likely N-dealkylation sites (N-methyl/N-ethyl adjacent to an activating group) is 1. The minimum atomic E-state index is 0.313. The van der Waals surface area contributed by atoms with Crippen molar-refractivity contribution in [1.82, 2.24) is 14.9 Å². The summed E-state index contributed by atoms with van der Waals surface area (Å²) >= 11 is 0. The van der Waals surface area contributed by atoms with E-state index in [4.69, 9.17) is 0 Å². The second-order valence-electron chi connectivity index (χ2n) is 5.53. The number of aromatic nitrogens is 2. The fourth-order valence-corrected chi connectivity index (χ4v) is 2.52. The van der Waals surface area contributed by atoms with Gasteiger partial charge in [-0.15, -0.1) is 0 Å². The van der Waals surface area contributed by atoms with Gasteiger partial charge in [0.2, 0.25) is 0 Å². The Bertz CT molecular complexity index is 525. The van der Waals surface area contributed by atoms with Crippen LogP contribution in [-0.4, -0.2) is 16.6 Å². The number of hydrogen-bond donors (Lipinski definition) is 1. The zero-order valence-electron chi connectivity index (χ0n) is 12.9. The van der Waals surface area contributed by atoms with E-state index in [0.29, 0.717) is 12.0 Å². The van der Waals surface area contributed by atoms with E-state index < -0.39 is 0 Å². The van der Waals surface area contributed by atoms with Gasteiger partial charge in [0.05, 0.1) is 0 Å². The minimum Gasteiger partial charge on any atom is -0.333 e. The largest absolute Gasteiger partial charge is 0.333 e. The molecule has 0 spiro atoms. The second kappa shape index (κ2) is 6.71. The summed E-state index contributed by atoms with van der Waals surface area (Å²) in [5.74, 6) is 1.60. The van der Waals surface area contributed by atoms with Crippen molar-refractivity contribution in [2.24, 2.45) is 0 Å². The molecule has 3 heteroatoms. The van der Waals surface area contributed by atoms with Gasteiger partial charge in [0, 0.05) is 30.9 Å². The van der Waals surface area contributed by atoms with Crippen molar-refractivity contribution in [2.75, 3.05) is 7.05 Å². The van der Waals surface area contributed by atoms with E-state index in [1.807, 2.05) is 13.2 Å². The summed E-state index contributed by atoms with van der Waals surface area (Å²) in [6, 6.07) is 9.21. The lowest BCUT2D eigenvalue weighted by molar-refractivity contribution is 0.481. The molecule has 2 rings (SSSR count). The highest BCUT2D eigenvalue weighted by molar-refractivity contribution is 5.25. The summed E-state index contributed by atoms with van der Waals surface area (Å²) in [7, 11) is 2.02. The van der Waals surface area contributed by atoms with Gasteiger partial charge < -0.3 is 9.88 Å². The summed E-state index contributed by atoms with van der Waals surface area (Å²) < 4.78 is 2.25. The Morgan fingerprint density at radius 2 is 1.90 bits per heavy atom. The van der Waals surface area contributed by atoms with Crippen molar-refractivity contribution in [3.05, 3.63) is 53.6 Å². The van der Waals surface area contributed by atoms with Crippen LogP contribution in [0.15, 0.2) is 36.7 Å². The average molecular weight is 271 g/mol. The van der Waals surface area contributed by atoms with E-state index in [2.05, 4.69) is 66.1 Å². The molecule has 108 valence electrons. The number of rotatable bonds is 6. The first-order valence-electron chi connectivity index (χ1n) is 7.42. The lowest BCUT2D eigenvalue weighted by atomic mass is 10.0. The van der Waals surface area contributed by atoms with Crippen LogP contribution in [0.1, 0.15) is 49.7 Å². The molecular weight excluding hydrogens is 246 g/mol. The van der Waals surface area contributed by atoms with E-state index >= 15 is 0 Å². The molecule has 0 aliphatic rings. The molecule has 2 aromatic rings. The first kappa shape index (κ1) is 14.8. The van der Waals surface area contributed by atoms with Crippen LogP contribution in [0.4, 0.5) is 0 Å². The maximum Gasteiger partial charge on any atom is 0.111 e. The second-order valence-corrected chi connectivity index (χ2v) is 5.53. The summed E-state index contributed by atoms with van der Waals surface area (Å²) in [6.07, 6.45) is 5.05. The number of nitrogens with one attached hydrogen (secondary N) is 1. The fraction of sp³-hybridized carbons (Fsp3) is 0.471. The summed E-state index contributed by atoms with van der Waals surface area (Å²) in [5, 5.41) is 3.41. The Hall–Kier alpha value is -1.61. The molecular formula is C17H25N3. The molecule has 0 aliphatic carbocycles. The van der Waals surface area contributed by atoms with Crippen LogP contribution in [0, 0.1) is 0 Å². The molecule has 0 bridgehead atoms. The first-order valence-corrected chi connectivity index (χ1v) is 7.42. The van der Waals surface area contributed by atoms with Gasteiger partial charge in [0.15, 0.2) is 0 Å². The molecule has 20 heavy (non-hydrogen) atoms. The van der Waals surface area contributed by atoms with Crippen LogP contribution in [0.25, 0.3) is 0 Å². The Morgan fingerprint density at radius 1 is 1.20 bits per heavy atom. The van der Waals surface area contributed by atoms with E-state index in [9.17, 15) is 0 Å². The molecule has 3 nitrogen and oxygen atoms in total. The standard InChI is InChI=1S/C17H25N3/c1-5-14-6-8-15(9-7-14)16(18-4)12-20-11-10-19-17(20)13(2)3/h6-11,13,16,18H,5,12H2,1-4H3.